The molecule has 0 saturated heterocycles. The van der Waals surface area contributed by atoms with Crippen molar-refractivity contribution in [2.45, 2.75) is 6.92 Å². The number of anilines is 1. The van der Waals surface area contributed by atoms with Crippen LogP contribution in [0.3, 0.4) is 0 Å². The predicted octanol–water partition coefficient (Wildman–Crippen LogP) is 1.26. The normalized spacial score (nSPS) is 14.6. The number of nitrogens with one attached hydrogen (secondary N) is 1. The molecule has 0 bridgehead atoms. The molecule has 1 aromatic carbocycles. The van der Waals surface area contributed by atoms with Crippen LogP contribution >= 0.6 is 11.6 Å². The number of halogens is 1. The van der Waals surface area contributed by atoms with E-state index >= 15 is 0 Å². The largest absolute Gasteiger partial charge is 0.505 e. The Kier molecular flexibility index (Phi) is 4.33. The van der Waals surface area contributed by atoms with Gasteiger partial charge in [0.2, 0.25) is 0 Å². The van der Waals surface area contributed by atoms with E-state index in [1.165, 1.54) is 18.0 Å². The van der Waals surface area contributed by atoms with E-state index in [1.807, 2.05) is 0 Å². The number of benzene rings is 1. The van der Waals surface area contributed by atoms with Crippen LogP contribution in [0.25, 0.3) is 0 Å². The third kappa shape index (κ3) is 2.75. The van der Waals surface area contributed by atoms with Crippen LogP contribution in [0.2, 0.25) is 0 Å². The minimum atomic E-state index is -0.628. The number of aryl methyl sites for hydroxylation is 1. The summed E-state index contributed by atoms with van der Waals surface area (Å²) in [7, 11) is 4.42. The van der Waals surface area contributed by atoms with Crippen molar-refractivity contribution >= 4 is 35.0 Å². The minimum absolute atomic E-state index is 0.0740. The van der Waals surface area contributed by atoms with Crippen molar-refractivity contribution in [3.63, 3.8) is 0 Å². The highest BCUT2D eigenvalue weighted by Gasteiger charge is 2.35. The summed E-state index contributed by atoms with van der Waals surface area (Å²) in [5.41, 5.74) is 0.684. The average Bonchev–Trinajstić information content (AvgIpc) is 2.68. The first-order valence-corrected chi connectivity index (χ1v) is 7.08. The zero-order chi connectivity index (χ0) is 17.5. The molecule has 23 heavy (non-hydrogen) atoms. The van der Waals surface area contributed by atoms with Crippen LogP contribution in [0.1, 0.15) is 15.9 Å². The topological polar surface area (TPSA) is 90.0 Å². The maximum atomic E-state index is 12.1. The predicted molar refractivity (Wildman–Crippen MR) is 85.1 cm³/mol. The summed E-state index contributed by atoms with van der Waals surface area (Å²) in [6.45, 7) is 1.69. The molecule has 0 spiro atoms. The Bertz CT molecular complexity index is 755. The van der Waals surface area contributed by atoms with E-state index < -0.39 is 17.7 Å². The molecule has 7 nitrogen and oxygen atoms in total. The van der Waals surface area contributed by atoms with Gasteiger partial charge in [-0.25, -0.2) is 0 Å². The van der Waals surface area contributed by atoms with Gasteiger partial charge in [0.1, 0.15) is 10.7 Å². The number of phenols is 1. The molecule has 0 unspecified atom stereocenters. The van der Waals surface area contributed by atoms with Gasteiger partial charge in [-0.05, 0) is 18.6 Å². The Morgan fingerprint density at radius 2 is 1.87 bits per heavy atom. The van der Waals surface area contributed by atoms with Gasteiger partial charge in [0.05, 0.1) is 11.3 Å². The van der Waals surface area contributed by atoms with Crippen molar-refractivity contribution in [2.24, 2.45) is 0 Å². The van der Waals surface area contributed by atoms with Crippen molar-refractivity contribution in [1.82, 2.24) is 9.80 Å². The quantitative estimate of drug-likeness (QED) is 0.640. The highest BCUT2D eigenvalue weighted by atomic mass is 35.5. The van der Waals surface area contributed by atoms with E-state index in [4.69, 9.17) is 11.6 Å². The Labute approximate surface area is 138 Å². The molecule has 0 aromatic heterocycles. The average molecular weight is 338 g/mol. The Morgan fingerprint density at radius 3 is 2.35 bits per heavy atom. The summed E-state index contributed by atoms with van der Waals surface area (Å²) in [6, 6.07) is 3.11. The number of hydrogen-bond donors (Lipinski definition) is 2. The molecule has 1 aromatic rings. The van der Waals surface area contributed by atoms with Gasteiger partial charge in [-0.1, -0.05) is 17.7 Å². The minimum Gasteiger partial charge on any atom is -0.505 e. The molecule has 8 heteroatoms. The monoisotopic (exact) mass is 337 g/mol. The molecule has 1 aliphatic rings. The zero-order valence-electron chi connectivity index (χ0n) is 13.1. The van der Waals surface area contributed by atoms with Gasteiger partial charge >= 0.3 is 0 Å². The molecule has 0 fully saturated rings. The lowest BCUT2D eigenvalue weighted by atomic mass is 10.1. The van der Waals surface area contributed by atoms with Gasteiger partial charge < -0.3 is 15.3 Å². The number of carbonyl (C=O) groups excluding carboxylic acids is 3. The summed E-state index contributed by atoms with van der Waals surface area (Å²) < 4.78 is 0. The molecule has 3 amide bonds. The lowest BCUT2D eigenvalue weighted by molar-refractivity contribution is -0.135. The molecule has 2 N–H and O–H groups in total. The first-order valence-electron chi connectivity index (χ1n) is 6.70. The Hall–Kier alpha value is -2.54. The van der Waals surface area contributed by atoms with Crippen LogP contribution in [0.4, 0.5) is 5.69 Å². The molecule has 1 heterocycles. The smallest absolute Gasteiger partial charge is 0.278 e. The standard InChI is InChI=1S/C15H16ClN3O4/c1-7-5-6-8(13(21)18(2)3)12(20)10(7)17-11-9(16)14(22)19(4)15(11)23/h5-6,17,20H,1-4H3. The molecular formula is C15H16ClN3O4. The lowest BCUT2D eigenvalue weighted by Gasteiger charge is -2.17. The summed E-state index contributed by atoms with van der Waals surface area (Å²) in [6.07, 6.45) is 0. The number of likely N-dealkylation sites (N-methyl/N-ethyl adjacent to an activating group) is 1. The number of amides is 3. The third-order valence-corrected chi connectivity index (χ3v) is 3.85. The molecule has 1 aliphatic heterocycles. The maximum absolute atomic E-state index is 12.1. The number of carbonyl (C=O) groups is 3. The van der Waals surface area contributed by atoms with Gasteiger partial charge in [0.25, 0.3) is 17.7 Å². The van der Waals surface area contributed by atoms with Gasteiger partial charge in [-0.3, -0.25) is 19.3 Å². The maximum Gasteiger partial charge on any atom is 0.278 e. The lowest BCUT2D eigenvalue weighted by Crippen LogP contribution is -2.28. The summed E-state index contributed by atoms with van der Waals surface area (Å²) in [5, 5.41) is 12.8. The van der Waals surface area contributed by atoms with E-state index in [0.29, 0.717) is 5.56 Å². The van der Waals surface area contributed by atoms with E-state index in [-0.39, 0.29) is 27.7 Å². The fraction of sp³-hybridized carbons (Fsp3) is 0.267. The van der Waals surface area contributed by atoms with E-state index in [2.05, 4.69) is 5.32 Å². The van der Waals surface area contributed by atoms with Gasteiger partial charge in [-0.2, -0.15) is 0 Å². The number of rotatable bonds is 3. The molecular weight excluding hydrogens is 322 g/mol. The van der Waals surface area contributed by atoms with Crippen molar-refractivity contribution in [2.75, 3.05) is 26.5 Å². The summed E-state index contributed by atoms with van der Waals surface area (Å²) in [4.78, 5) is 38.0. The molecule has 0 saturated carbocycles. The van der Waals surface area contributed by atoms with Gasteiger partial charge in [0, 0.05) is 21.1 Å². The molecule has 0 atom stereocenters. The van der Waals surface area contributed by atoms with Crippen LogP contribution in [-0.2, 0) is 9.59 Å². The van der Waals surface area contributed by atoms with E-state index in [1.54, 1.807) is 27.1 Å². The van der Waals surface area contributed by atoms with Crippen molar-refractivity contribution in [3.05, 3.63) is 34.0 Å². The Balaban J connectivity index is 2.49. The number of nitrogens with zero attached hydrogens (tertiary/aromatic N) is 2. The number of hydrogen-bond acceptors (Lipinski definition) is 5. The second-order valence-corrected chi connectivity index (χ2v) is 5.71. The number of phenolic OH excluding ortho intramolecular Hbond substituents is 1. The number of imide groups is 1. The Morgan fingerprint density at radius 1 is 1.26 bits per heavy atom. The first-order chi connectivity index (χ1) is 10.7. The van der Waals surface area contributed by atoms with Gasteiger partial charge in [-0.15, -0.1) is 0 Å². The van der Waals surface area contributed by atoms with E-state index in [0.717, 1.165) is 4.90 Å². The summed E-state index contributed by atoms with van der Waals surface area (Å²) in [5.74, 6) is -1.94. The van der Waals surface area contributed by atoms with Crippen LogP contribution < -0.4 is 5.32 Å². The molecule has 2 rings (SSSR count). The zero-order valence-corrected chi connectivity index (χ0v) is 13.9. The number of aromatic hydroxyl groups is 1. The van der Waals surface area contributed by atoms with Crippen LogP contribution in [0, 0.1) is 6.92 Å². The van der Waals surface area contributed by atoms with Crippen molar-refractivity contribution in [1.29, 1.82) is 0 Å². The van der Waals surface area contributed by atoms with Crippen LogP contribution in [0.15, 0.2) is 22.9 Å². The molecule has 0 aliphatic carbocycles. The summed E-state index contributed by atoms with van der Waals surface area (Å²) >= 11 is 5.87. The molecule has 122 valence electrons. The fourth-order valence-corrected chi connectivity index (χ4v) is 2.36. The third-order valence-electron chi connectivity index (χ3n) is 3.50. The van der Waals surface area contributed by atoms with Gasteiger partial charge in [0.15, 0.2) is 5.75 Å². The molecule has 0 radical (unpaired) electrons. The highest BCUT2D eigenvalue weighted by Crippen LogP contribution is 2.35. The second kappa shape index (κ2) is 5.92. The van der Waals surface area contributed by atoms with E-state index in [9.17, 15) is 19.5 Å². The van der Waals surface area contributed by atoms with Crippen molar-refractivity contribution in [3.8, 4) is 5.75 Å². The fourth-order valence-electron chi connectivity index (χ4n) is 2.10. The SMILES string of the molecule is Cc1ccc(C(=O)N(C)C)c(O)c1NC1=C(Cl)C(=O)N(C)C1=O. The van der Waals surface area contributed by atoms with Crippen molar-refractivity contribution < 1.29 is 19.5 Å². The second-order valence-electron chi connectivity index (χ2n) is 5.34. The van der Waals surface area contributed by atoms with Crippen LogP contribution in [0.5, 0.6) is 5.75 Å². The first kappa shape index (κ1) is 16.8. The highest BCUT2D eigenvalue weighted by molar-refractivity contribution is 6.48. The van der Waals surface area contributed by atoms with Crippen LogP contribution in [-0.4, -0.2) is 53.8 Å².